The number of halogens is 3. The molecule has 0 aromatic rings. The van der Waals surface area contributed by atoms with Crippen LogP contribution in [-0.2, 0) is 4.79 Å². The van der Waals surface area contributed by atoms with Crippen molar-refractivity contribution in [2.24, 2.45) is 0 Å². The summed E-state index contributed by atoms with van der Waals surface area (Å²) in [6.45, 7) is 0.877. The van der Waals surface area contributed by atoms with E-state index >= 15 is 0 Å². The van der Waals surface area contributed by atoms with E-state index in [1.165, 1.54) is 4.90 Å². The van der Waals surface area contributed by atoms with Crippen LogP contribution in [0.5, 0.6) is 0 Å². The molecule has 0 aromatic heterocycles. The Morgan fingerprint density at radius 1 is 1.29 bits per heavy atom. The van der Waals surface area contributed by atoms with E-state index in [1.807, 2.05) is 0 Å². The minimum Gasteiger partial charge on any atom is -0.353 e. The lowest BCUT2D eigenvalue weighted by Gasteiger charge is -2.42. The Morgan fingerprint density at radius 3 is 2.65 bits per heavy atom. The van der Waals surface area contributed by atoms with Crippen LogP contribution in [0.3, 0.4) is 0 Å². The van der Waals surface area contributed by atoms with Crippen molar-refractivity contribution in [3.05, 3.63) is 0 Å². The number of nitrogens with zero attached hydrogens (tertiary/aromatic N) is 1. The Labute approximate surface area is 97.5 Å². The molecule has 0 spiro atoms. The first-order chi connectivity index (χ1) is 7.98. The number of hydrogen-bond donors (Lipinski definition) is 2. The molecule has 2 heterocycles. The normalized spacial score (nSPS) is 32.3. The van der Waals surface area contributed by atoms with Gasteiger partial charge in [-0.25, -0.2) is 0 Å². The average molecular weight is 251 g/mol. The lowest BCUT2D eigenvalue weighted by atomic mass is 10.0. The Bertz CT molecular complexity index is 289. The van der Waals surface area contributed by atoms with E-state index in [9.17, 15) is 18.0 Å². The molecule has 2 aliphatic heterocycles. The van der Waals surface area contributed by atoms with Crippen LogP contribution in [-0.4, -0.2) is 55.2 Å². The minimum atomic E-state index is -4.29. The number of piperidine rings is 1. The molecule has 0 radical (unpaired) electrons. The van der Waals surface area contributed by atoms with Crippen LogP contribution in [0.1, 0.15) is 12.8 Å². The van der Waals surface area contributed by atoms with Gasteiger partial charge in [0.1, 0.15) is 6.04 Å². The van der Waals surface area contributed by atoms with Crippen molar-refractivity contribution in [3.63, 3.8) is 0 Å². The first-order valence-electron chi connectivity index (χ1n) is 5.78. The van der Waals surface area contributed by atoms with E-state index < -0.39 is 12.2 Å². The molecule has 0 aliphatic carbocycles. The average Bonchev–Trinajstić information content (AvgIpc) is 2.28. The second-order valence-electron chi connectivity index (χ2n) is 4.53. The van der Waals surface area contributed by atoms with Crippen molar-refractivity contribution in [1.29, 1.82) is 0 Å². The van der Waals surface area contributed by atoms with Gasteiger partial charge in [-0.1, -0.05) is 0 Å². The highest BCUT2D eigenvalue weighted by molar-refractivity contribution is 5.79. The summed E-state index contributed by atoms with van der Waals surface area (Å²) in [7, 11) is 0. The lowest BCUT2D eigenvalue weighted by Crippen LogP contribution is -2.64. The van der Waals surface area contributed by atoms with Crippen LogP contribution in [0.15, 0.2) is 0 Å². The van der Waals surface area contributed by atoms with E-state index in [4.69, 9.17) is 0 Å². The summed E-state index contributed by atoms with van der Waals surface area (Å²) in [5.74, 6) is -0.323. The molecule has 2 saturated heterocycles. The summed E-state index contributed by atoms with van der Waals surface area (Å²) >= 11 is 0. The zero-order valence-electron chi connectivity index (χ0n) is 9.39. The maximum atomic E-state index is 12.9. The van der Waals surface area contributed by atoms with E-state index in [-0.39, 0.29) is 25.0 Å². The number of carbonyl (C=O) groups excluding carboxylic acids is 1. The minimum absolute atomic E-state index is 0.156. The van der Waals surface area contributed by atoms with Gasteiger partial charge in [-0.15, -0.1) is 0 Å². The van der Waals surface area contributed by atoms with E-state index in [2.05, 4.69) is 10.6 Å². The molecule has 0 aromatic carbocycles. The van der Waals surface area contributed by atoms with Crippen LogP contribution in [0.25, 0.3) is 0 Å². The highest BCUT2D eigenvalue weighted by Gasteiger charge is 2.48. The SMILES string of the molecule is O=C1CN(C2CCCNC2)C(C(F)(F)F)CN1. The topological polar surface area (TPSA) is 44.4 Å². The molecule has 17 heavy (non-hydrogen) atoms. The molecule has 2 atom stereocenters. The van der Waals surface area contributed by atoms with Gasteiger partial charge < -0.3 is 10.6 Å². The third-order valence-electron chi connectivity index (χ3n) is 3.34. The zero-order chi connectivity index (χ0) is 12.5. The number of nitrogens with one attached hydrogen (secondary N) is 2. The second-order valence-corrected chi connectivity index (χ2v) is 4.53. The van der Waals surface area contributed by atoms with Gasteiger partial charge in [0.15, 0.2) is 0 Å². The van der Waals surface area contributed by atoms with Crippen molar-refractivity contribution >= 4 is 5.91 Å². The Balaban J connectivity index is 2.10. The monoisotopic (exact) mass is 251 g/mol. The number of rotatable bonds is 1. The fourth-order valence-electron chi connectivity index (χ4n) is 2.46. The molecule has 98 valence electrons. The van der Waals surface area contributed by atoms with Crippen molar-refractivity contribution in [3.8, 4) is 0 Å². The fourth-order valence-corrected chi connectivity index (χ4v) is 2.46. The summed E-state index contributed by atoms with van der Waals surface area (Å²) in [4.78, 5) is 12.5. The van der Waals surface area contributed by atoms with Crippen molar-refractivity contribution in [1.82, 2.24) is 15.5 Å². The van der Waals surface area contributed by atoms with Crippen molar-refractivity contribution in [2.45, 2.75) is 31.1 Å². The summed E-state index contributed by atoms with van der Waals surface area (Å²) in [5, 5.41) is 5.36. The third kappa shape index (κ3) is 2.90. The summed E-state index contributed by atoms with van der Waals surface area (Å²) < 4.78 is 38.6. The van der Waals surface area contributed by atoms with Gasteiger partial charge in [-0.3, -0.25) is 9.69 Å². The molecule has 2 rings (SSSR count). The van der Waals surface area contributed by atoms with E-state index in [1.54, 1.807) is 0 Å². The van der Waals surface area contributed by atoms with Crippen LogP contribution in [0.2, 0.25) is 0 Å². The predicted octanol–water partition coefficient (Wildman–Crippen LogP) is 0.101. The maximum absolute atomic E-state index is 12.9. The molecule has 0 saturated carbocycles. The molecule has 4 nitrogen and oxygen atoms in total. The number of piperazine rings is 1. The Hall–Kier alpha value is -0.820. The molecule has 2 fully saturated rings. The smallest absolute Gasteiger partial charge is 0.353 e. The van der Waals surface area contributed by atoms with Gasteiger partial charge in [0.2, 0.25) is 5.91 Å². The first kappa shape index (κ1) is 12.6. The Kier molecular flexibility index (Phi) is 3.58. The highest BCUT2D eigenvalue weighted by atomic mass is 19.4. The predicted molar refractivity (Wildman–Crippen MR) is 55.5 cm³/mol. The van der Waals surface area contributed by atoms with Crippen LogP contribution < -0.4 is 10.6 Å². The van der Waals surface area contributed by atoms with E-state index in [0.717, 1.165) is 13.0 Å². The third-order valence-corrected chi connectivity index (χ3v) is 3.34. The Morgan fingerprint density at radius 2 is 2.06 bits per heavy atom. The van der Waals surface area contributed by atoms with Gasteiger partial charge in [0, 0.05) is 19.1 Å². The van der Waals surface area contributed by atoms with E-state index in [0.29, 0.717) is 13.0 Å². The summed E-state index contributed by atoms with van der Waals surface area (Å²) in [6, 6.07) is -1.74. The summed E-state index contributed by atoms with van der Waals surface area (Å²) in [5.41, 5.74) is 0. The number of hydrogen-bond acceptors (Lipinski definition) is 3. The highest BCUT2D eigenvalue weighted by Crippen LogP contribution is 2.28. The molecular weight excluding hydrogens is 235 g/mol. The maximum Gasteiger partial charge on any atom is 0.405 e. The molecule has 0 bridgehead atoms. The van der Waals surface area contributed by atoms with Crippen LogP contribution in [0.4, 0.5) is 13.2 Å². The van der Waals surface area contributed by atoms with Gasteiger partial charge in [0.25, 0.3) is 0 Å². The van der Waals surface area contributed by atoms with Crippen LogP contribution in [0, 0.1) is 0 Å². The first-order valence-corrected chi connectivity index (χ1v) is 5.78. The standard InChI is InChI=1S/C10H16F3N3O/c11-10(12,13)8-5-15-9(17)6-16(8)7-2-1-3-14-4-7/h7-8,14H,1-6H2,(H,15,17). The lowest BCUT2D eigenvalue weighted by molar-refractivity contribution is -0.195. The van der Waals surface area contributed by atoms with Gasteiger partial charge in [-0.2, -0.15) is 13.2 Å². The van der Waals surface area contributed by atoms with Crippen LogP contribution >= 0.6 is 0 Å². The number of alkyl halides is 3. The molecule has 1 amide bonds. The van der Waals surface area contributed by atoms with Gasteiger partial charge in [0.05, 0.1) is 6.54 Å². The molecule has 2 unspecified atom stereocenters. The number of amides is 1. The molecule has 2 N–H and O–H groups in total. The van der Waals surface area contributed by atoms with Crippen molar-refractivity contribution < 1.29 is 18.0 Å². The molecule has 2 aliphatic rings. The molecular formula is C10H16F3N3O. The van der Waals surface area contributed by atoms with Gasteiger partial charge in [-0.05, 0) is 19.4 Å². The fraction of sp³-hybridized carbons (Fsp3) is 0.900. The quantitative estimate of drug-likeness (QED) is 0.695. The zero-order valence-corrected chi connectivity index (χ0v) is 9.39. The largest absolute Gasteiger partial charge is 0.405 e. The van der Waals surface area contributed by atoms with Crippen molar-refractivity contribution in [2.75, 3.05) is 26.2 Å². The van der Waals surface area contributed by atoms with Gasteiger partial charge >= 0.3 is 6.18 Å². The molecule has 7 heteroatoms. The second kappa shape index (κ2) is 4.81. The summed E-state index contributed by atoms with van der Waals surface area (Å²) in [6.07, 6.45) is -2.72. The number of carbonyl (C=O) groups is 1.